The van der Waals surface area contributed by atoms with Crippen molar-refractivity contribution >= 4 is 39.1 Å². The Labute approximate surface area is 154 Å². The number of anilines is 1. The molecule has 1 atom stereocenters. The normalized spacial score (nSPS) is 19.3. The molecule has 2 amide bonds. The van der Waals surface area contributed by atoms with Crippen LogP contribution < -0.4 is 9.64 Å². The zero-order chi connectivity index (χ0) is 18.1. The molecule has 0 spiro atoms. The summed E-state index contributed by atoms with van der Waals surface area (Å²) < 4.78 is 6.47. The van der Waals surface area contributed by atoms with Gasteiger partial charge in [-0.3, -0.25) is 9.59 Å². The third-order valence-corrected chi connectivity index (χ3v) is 5.27. The Morgan fingerprint density at radius 3 is 2.40 bits per heavy atom. The average molecular weight is 407 g/mol. The van der Waals surface area contributed by atoms with Crippen molar-refractivity contribution in [2.45, 2.75) is 45.6 Å². The Bertz CT molecular complexity index is 772. The number of halogens is 1. The van der Waals surface area contributed by atoms with Crippen LogP contribution in [-0.4, -0.2) is 28.8 Å². The zero-order valence-corrected chi connectivity index (χ0v) is 15.7. The Hall–Kier alpha value is -2.15. The maximum atomic E-state index is 12.7. The molecule has 6 nitrogen and oxygen atoms in total. The Balaban J connectivity index is 1.90. The highest BCUT2D eigenvalue weighted by atomic mass is 79.9. The number of imide groups is 1. The molecule has 2 aliphatic rings. The lowest BCUT2D eigenvalue weighted by Crippen LogP contribution is -2.31. The van der Waals surface area contributed by atoms with Crippen molar-refractivity contribution in [2.24, 2.45) is 5.16 Å². The summed E-state index contributed by atoms with van der Waals surface area (Å²) >= 11 is 3.40. The van der Waals surface area contributed by atoms with E-state index in [2.05, 4.69) is 21.1 Å². The van der Waals surface area contributed by atoms with E-state index in [1.807, 2.05) is 0 Å². The van der Waals surface area contributed by atoms with E-state index >= 15 is 0 Å². The lowest BCUT2D eigenvalue weighted by Gasteiger charge is -2.19. The molecule has 0 bridgehead atoms. The summed E-state index contributed by atoms with van der Waals surface area (Å²) in [6.45, 7) is 3.40. The van der Waals surface area contributed by atoms with Gasteiger partial charge in [0.15, 0.2) is 0 Å². The van der Waals surface area contributed by atoms with Gasteiger partial charge < -0.3 is 9.94 Å². The van der Waals surface area contributed by atoms with Gasteiger partial charge in [-0.15, -0.1) is 0 Å². The number of benzene rings is 1. The first kappa shape index (κ1) is 17.7. The SMILES string of the molecule is CC(=NO)C(C)Oc1cc(N2C(=O)C3=C(CCCC3)C2=O)ccc1Br. The summed E-state index contributed by atoms with van der Waals surface area (Å²) in [4.78, 5) is 26.6. The van der Waals surface area contributed by atoms with Gasteiger partial charge in [0.25, 0.3) is 11.8 Å². The number of carbonyl (C=O) groups excluding carboxylic acids is 2. The largest absolute Gasteiger partial charge is 0.483 e. The van der Waals surface area contributed by atoms with Crippen LogP contribution in [-0.2, 0) is 9.59 Å². The van der Waals surface area contributed by atoms with Gasteiger partial charge in [0, 0.05) is 17.2 Å². The minimum absolute atomic E-state index is 0.228. The summed E-state index contributed by atoms with van der Waals surface area (Å²) in [5.41, 5.74) is 2.20. The van der Waals surface area contributed by atoms with Crippen molar-refractivity contribution < 1.29 is 19.5 Å². The van der Waals surface area contributed by atoms with Crippen LogP contribution in [0.2, 0.25) is 0 Å². The summed E-state index contributed by atoms with van der Waals surface area (Å²) in [6, 6.07) is 5.10. The number of hydrogen-bond donors (Lipinski definition) is 1. The second kappa shape index (κ2) is 7.00. The summed E-state index contributed by atoms with van der Waals surface area (Å²) in [6.07, 6.45) is 2.77. The van der Waals surface area contributed by atoms with Crippen LogP contribution in [0.15, 0.2) is 39.0 Å². The third kappa shape index (κ3) is 3.20. The summed E-state index contributed by atoms with van der Waals surface area (Å²) in [7, 11) is 0. The summed E-state index contributed by atoms with van der Waals surface area (Å²) in [5.74, 6) is 0.0155. The van der Waals surface area contributed by atoms with Crippen molar-refractivity contribution in [1.29, 1.82) is 0 Å². The predicted molar refractivity (Wildman–Crippen MR) is 97.1 cm³/mol. The predicted octanol–water partition coefficient (Wildman–Crippen LogP) is 3.81. The molecule has 1 aliphatic carbocycles. The minimum atomic E-state index is -0.451. The average Bonchev–Trinajstić information content (AvgIpc) is 2.87. The number of ether oxygens (including phenoxy) is 1. The van der Waals surface area contributed by atoms with Crippen LogP contribution in [0.5, 0.6) is 5.75 Å². The lowest BCUT2D eigenvalue weighted by molar-refractivity contribution is -0.120. The minimum Gasteiger partial charge on any atom is -0.483 e. The number of amides is 2. The molecule has 1 aromatic rings. The molecule has 25 heavy (non-hydrogen) atoms. The van der Waals surface area contributed by atoms with E-state index in [4.69, 9.17) is 9.94 Å². The first-order valence-corrected chi connectivity index (χ1v) is 8.99. The van der Waals surface area contributed by atoms with Gasteiger partial charge in [-0.2, -0.15) is 0 Å². The van der Waals surface area contributed by atoms with Gasteiger partial charge in [-0.1, -0.05) is 5.16 Å². The molecule has 1 unspecified atom stereocenters. The molecular formula is C18H19BrN2O4. The van der Waals surface area contributed by atoms with Crippen molar-refractivity contribution in [1.82, 2.24) is 0 Å². The standard InChI is InChI=1S/C18H19BrN2O4/c1-10(20-24)11(2)25-16-9-12(7-8-15(16)19)21-17(22)13-5-3-4-6-14(13)18(21)23/h7-9,11,24H,3-6H2,1-2H3. The molecular weight excluding hydrogens is 388 g/mol. The van der Waals surface area contributed by atoms with E-state index in [1.54, 1.807) is 32.0 Å². The highest BCUT2D eigenvalue weighted by Crippen LogP contribution is 2.38. The molecule has 132 valence electrons. The van der Waals surface area contributed by atoms with Crippen LogP contribution in [0.25, 0.3) is 0 Å². The van der Waals surface area contributed by atoms with E-state index in [9.17, 15) is 9.59 Å². The Morgan fingerprint density at radius 1 is 1.24 bits per heavy atom. The smallest absolute Gasteiger partial charge is 0.261 e. The first-order chi connectivity index (χ1) is 11.9. The van der Waals surface area contributed by atoms with E-state index in [1.165, 1.54) is 4.90 Å². The van der Waals surface area contributed by atoms with Crippen molar-refractivity contribution in [2.75, 3.05) is 4.90 Å². The highest BCUT2D eigenvalue weighted by Gasteiger charge is 2.39. The number of rotatable bonds is 4. The molecule has 1 aromatic carbocycles. The van der Waals surface area contributed by atoms with E-state index in [-0.39, 0.29) is 11.8 Å². The van der Waals surface area contributed by atoms with Crippen molar-refractivity contribution in [3.8, 4) is 5.75 Å². The number of carbonyl (C=O) groups is 2. The topological polar surface area (TPSA) is 79.2 Å². The fourth-order valence-corrected chi connectivity index (χ4v) is 3.39. The van der Waals surface area contributed by atoms with Crippen LogP contribution in [0.4, 0.5) is 5.69 Å². The quantitative estimate of drug-likeness (QED) is 0.356. The number of nitrogens with zero attached hydrogens (tertiary/aromatic N) is 2. The van der Waals surface area contributed by atoms with Crippen LogP contribution in [0.1, 0.15) is 39.5 Å². The molecule has 3 rings (SSSR count). The molecule has 1 aliphatic heterocycles. The van der Waals surface area contributed by atoms with E-state index < -0.39 is 6.10 Å². The van der Waals surface area contributed by atoms with Crippen molar-refractivity contribution in [3.05, 3.63) is 33.8 Å². The molecule has 0 radical (unpaired) electrons. The van der Waals surface area contributed by atoms with Gasteiger partial charge in [0.2, 0.25) is 0 Å². The highest BCUT2D eigenvalue weighted by molar-refractivity contribution is 9.10. The molecule has 1 N–H and O–H groups in total. The molecule has 0 saturated heterocycles. The van der Waals surface area contributed by atoms with Gasteiger partial charge >= 0.3 is 0 Å². The Kier molecular flexibility index (Phi) is 4.94. The van der Waals surface area contributed by atoms with Gasteiger partial charge in [-0.05, 0) is 67.6 Å². The molecule has 0 fully saturated rings. The van der Waals surface area contributed by atoms with Gasteiger partial charge in [-0.25, -0.2) is 4.90 Å². The molecule has 0 aromatic heterocycles. The monoisotopic (exact) mass is 406 g/mol. The zero-order valence-electron chi connectivity index (χ0n) is 14.1. The van der Waals surface area contributed by atoms with Crippen LogP contribution in [0, 0.1) is 0 Å². The Morgan fingerprint density at radius 2 is 1.84 bits per heavy atom. The van der Waals surface area contributed by atoms with Gasteiger partial charge in [0.1, 0.15) is 11.9 Å². The van der Waals surface area contributed by atoms with Crippen molar-refractivity contribution in [3.63, 3.8) is 0 Å². The number of hydrogen-bond acceptors (Lipinski definition) is 5. The van der Waals surface area contributed by atoms with Crippen LogP contribution in [0.3, 0.4) is 0 Å². The first-order valence-electron chi connectivity index (χ1n) is 8.19. The fourth-order valence-electron chi connectivity index (χ4n) is 3.05. The van der Waals surface area contributed by atoms with E-state index in [0.29, 0.717) is 45.6 Å². The molecule has 1 heterocycles. The van der Waals surface area contributed by atoms with E-state index in [0.717, 1.165) is 12.8 Å². The maximum absolute atomic E-state index is 12.7. The number of oxime groups is 1. The molecule has 7 heteroatoms. The second-order valence-electron chi connectivity index (χ2n) is 6.23. The second-order valence-corrected chi connectivity index (χ2v) is 7.08. The molecule has 0 saturated carbocycles. The lowest BCUT2D eigenvalue weighted by atomic mass is 9.93. The fraction of sp³-hybridized carbons (Fsp3) is 0.389. The summed E-state index contributed by atoms with van der Waals surface area (Å²) in [5, 5.41) is 12.0. The van der Waals surface area contributed by atoms with Crippen LogP contribution >= 0.6 is 15.9 Å². The maximum Gasteiger partial charge on any atom is 0.261 e. The third-order valence-electron chi connectivity index (χ3n) is 4.61. The van der Waals surface area contributed by atoms with Gasteiger partial charge in [0.05, 0.1) is 15.9 Å².